The molecule has 60 valence electrons. The van der Waals surface area contributed by atoms with Crippen LogP contribution >= 0.6 is 0 Å². The molecule has 10 heavy (non-hydrogen) atoms. The average Bonchev–Trinajstić information content (AvgIpc) is 2.15. The van der Waals surface area contributed by atoms with Crippen molar-refractivity contribution in [2.45, 2.75) is 25.7 Å². The Morgan fingerprint density at radius 2 is 2.10 bits per heavy atom. The predicted octanol–water partition coefficient (Wildman–Crippen LogP) is 0.855. The summed E-state index contributed by atoms with van der Waals surface area (Å²) in [6.45, 7) is 0.110. The van der Waals surface area contributed by atoms with Crippen LogP contribution in [0.4, 0.5) is 0 Å². The van der Waals surface area contributed by atoms with Crippen LogP contribution in [0.15, 0.2) is 0 Å². The van der Waals surface area contributed by atoms with E-state index in [0.29, 0.717) is 13.0 Å². The molecule has 1 N–H and O–H groups in total. The van der Waals surface area contributed by atoms with Crippen LogP contribution in [-0.4, -0.2) is 36.2 Å². The van der Waals surface area contributed by atoms with Crippen LogP contribution in [0.1, 0.15) is 28.4 Å². The van der Waals surface area contributed by atoms with E-state index in [-0.39, 0.29) is 6.61 Å². The number of nitrogens with zero attached hydrogens (tertiary/aromatic N) is 1. The maximum atomic E-state index is 8.73. The van der Waals surface area contributed by atoms with E-state index in [1.807, 2.05) is 0 Å². The minimum atomic E-state index is -1.20. The van der Waals surface area contributed by atoms with E-state index in [9.17, 15) is 0 Å². The molecule has 0 aromatic heterocycles. The van der Waals surface area contributed by atoms with Crippen LogP contribution in [0.5, 0.6) is 0 Å². The predicted molar refractivity (Wildman–Crippen MR) is 42.0 cm³/mol. The lowest BCUT2D eigenvalue weighted by Crippen LogP contribution is -2.27. The molecule has 1 aliphatic heterocycles. The van der Waals surface area contributed by atoms with E-state index in [2.05, 4.69) is 0 Å². The lowest BCUT2D eigenvalue weighted by molar-refractivity contribution is 0.200. The SMILES string of the molecule is [2H]C1([2H])CCCCCN1CCO. The second-order valence-electron chi connectivity index (χ2n) is 2.68. The van der Waals surface area contributed by atoms with Crippen molar-refractivity contribution in [2.75, 3.05) is 26.2 Å². The van der Waals surface area contributed by atoms with Crippen molar-refractivity contribution < 1.29 is 7.85 Å². The van der Waals surface area contributed by atoms with Crippen LogP contribution in [-0.2, 0) is 0 Å². The van der Waals surface area contributed by atoms with Gasteiger partial charge in [0.1, 0.15) is 0 Å². The van der Waals surface area contributed by atoms with Crippen molar-refractivity contribution in [1.29, 1.82) is 0 Å². The molecule has 1 rings (SSSR count). The number of β-amino-alcohol motifs (C(OH)–C–C–N with tert-alkyl or cyclic N) is 1. The summed E-state index contributed by atoms with van der Waals surface area (Å²) in [7, 11) is 0. The molecule has 2 nitrogen and oxygen atoms in total. The van der Waals surface area contributed by atoms with E-state index >= 15 is 0 Å². The van der Waals surface area contributed by atoms with Gasteiger partial charge >= 0.3 is 0 Å². The van der Waals surface area contributed by atoms with Gasteiger partial charge in [-0.1, -0.05) is 12.8 Å². The van der Waals surface area contributed by atoms with Gasteiger partial charge in [-0.15, -0.1) is 0 Å². The Labute approximate surface area is 65.7 Å². The van der Waals surface area contributed by atoms with Crippen LogP contribution in [0.2, 0.25) is 0 Å². The molecular formula is C8H17NO. The van der Waals surface area contributed by atoms with Crippen LogP contribution < -0.4 is 0 Å². The van der Waals surface area contributed by atoms with Gasteiger partial charge in [0.25, 0.3) is 0 Å². The molecule has 0 spiro atoms. The largest absolute Gasteiger partial charge is 0.395 e. The van der Waals surface area contributed by atoms with Gasteiger partial charge < -0.3 is 10.0 Å². The molecule has 0 unspecified atom stereocenters. The first kappa shape index (κ1) is 5.56. The summed E-state index contributed by atoms with van der Waals surface area (Å²) in [5, 5.41) is 8.73. The number of aliphatic hydroxyl groups excluding tert-OH is 1. The first-order valence-electron chi connectivity index (χ1n) is 5.03. The monoisotopic (exact) mass is 145 g/mol. The molecule has 1 fully saturated rings. The molecule has 0 aromatic carbocycles. The van der Waals surface area contributed by atoms with Gasteiger partial charge in [0, 0.05) is 9.29 Å². The van der Waals surface area contributed by atoms with Crippen LogP contribution in [0.3, 0.4) is 0 Å². The number of rotatable bonds is 2. The summed E-state index contributed by atoms with van der Waals surface area (Å²) < 4.78 is 15.4. The molecule has 0 radical (unpaired) electrons. The number of hydrogen-bond donors (Lipinski definition) is 1. The molecule has 0 atom stereocenters. The highest BCUT2D eigenvalue weighted by Crippen LogP contribution is 2.08. The zero-order valence-electron chi connectivity index (χ0n) is 8.34. The fourth-order valence-electron chi connectivity index (χ4n) is 1.23. The number of aliphatic hydroxyl groups is 1. The van der Waals surface area contributed by atoms with Crippen molar-refractivity contribution in [2.24, 2.45) is 0 Å². The van der Waals surface area contributed by atoms with Gasteiger partial charge in [0.05, 0.1) is 6.61 Å². The molecule has 1 saturated heterocycles. The molecule has 0 amide bonds. The van der Waals surface area contributed by atoms with Crippen LogP contribution in [0.25, 0.3) is 0 Å². The van der Waals surface area contributed by atoms with Crippen molar-refractivity contribution in [3.05, 3.63) is 0 Å². The summed E-state index contributed by atoms with van der Waals surface area (Å²) in [6, 6.07) is 0. The van der Waals surface area contributed by atoms with E-state index in [4.69, 9.17) is 7.85 Å². The molecule has 0 aromatic rings. The molecule has 1 heterocycles. The Morgan fingerprint density at radius 3 is 2.90 bits per heavy atom. The Bertz CT molecular complexity index is 141. The van der Waals surface area contributed by atoms with Gasteiger partial charge in [-0.05, 0) is 25.9 Å². The van der Waals surface area contributed by atoms with Crippen molar-refractivity contribution >= 4 is 0 Å². The van der Waals surface area contributed by atoms with Crippen molar-refractivity contribution in [3.8, 4) is 0 Å². The molecular weight excluding hydrogens is 126 g/mol. The quantitative estimate of drug-likeness (QED) is 0.623. The first-order chi connectivity index (χ1) is 5.67. The van der Waals surface area contributed by atoms with Crippen molar-refractivity contribution in [3.63, 3.8) is 0 Å². The molecule has 2 heteroatoms. The second kappa shape index (κ2) is 4.69. The number of hydrogen-bond acceptors (Lipinski definition) is 2. The Morgan fingerprint density at radius 1 is 1.30 bits per heavy atom. The van der Waals surface area contributed by atoms with Crippen LogP contribution in [0, 0.1) is 0 Å². The van der Waals surface area contributed by atoms with Crippen molar-refractivity contribution in [1.82, 2.24) is 4.90 Å². The summed E-state index contributed by atoms with van der Waals surface area (Å²) >= 11 is 0. The average molecular weight is 145 g/mol. The Hall–Kier alpha value is -0.0800. The second-order valence-corrected chi connectivity index (χ2v) is 2.68. The normalized spacial score (nSPS) is 30.5. The zero-order chi connectivity index (χ0) is 9.03. The maximum absolute atomic E-state index is 8.73. The first-order valence-corrected chi connectivity index (χ1v) is 4.03. The van der Waals surface area contributed by atoms with Gasteiger partial charge in [-0.2, -0.15) is 0 Å². The summed E-state index contributed by atoms with van der Waals surface area (Å²) in [6.07, 6.45) is 3.74. The minimum absolute atomic E-state index is 0.0551. The summed E-state index contributed by atoms with van der Waals surface area (Å²) in [5.41, 5.74) is 0. The topological polar surface area (TPSA) is 23.5 Å². The minimum Gasteiger partial charge on any atom is -0.395 e. The third-order valence-corrected chi connectivity index (χ3v) is 1.81. The summed E-state index contributed by atoms with van der Waals surface area (Å²) in [4.78, 5) is 1.75. The highest BCUT2D eigenvalue weighted by Gasteiger charge is 2.06. The van der Waals surface area contributed by atoms with E-state index in [1.165, 1.54) is 0 Å². The van der Waals surface area contributed by atoms with Gasteiger partial charge in [-0.3, -0.25) is 0 Å². The molecule has 0 saturated carbocycles. The highest BCUT2D eigenvalue weighted by molar-refractivity contribution is 4.61. The van der Waals surface area contributed by atoms with E-state index in [0.717, 1.165) is 25.8 Å². The Kier molecular flexibility index (Phi) is 2.61. The molecule has 0 bridgehead atoms. The smallest absolute Gasteiger partial charge is 0.0558 e. The fraction of sp³-hybridized carbons (Fsp3) is 1.00. The van der Waals surface area contributed by atoms with Gasteiger partial charge in [0.15, 0.2) is 0 Å². The standard InChI is InChI=1S/C8H17NO/c10-8-7-9-5-3-1-2-4-6-9/h10H,1-8H2/i5D2. The zero-order valence-corrected chi connectivity index (χ0v) is 6.34. The fourth-order valence-corrected chi connectivity index (χ4v) is 1.23. The van der Waals surface area contributed by atoms with Gasteiger partial charge in [-0.25, -0.2) is 0 Å². The highest BCUT2D eigenvalue weighted by atomic mass is 16.3. The van der Waals surface area contributed by atoms with E-state index < -0.39 is 6.50 Å². The third kappa shape index (κ3) is 2.67. The van der Waals surface area contributed by atoms with Gasteiger partial charge in [0.2, 0.25) is 0 Å². The summed E-state index contributed by atoms with van der Waals surface area (Å²) in [5.74, 6) is 0. The third-order valence-electron chi connectivity index (χ3n) is 1.81. The maximum Gasteiger partial charge on any atom is 0.0558 e. The lowest BCUT2D eigenvalue weighted by Gasteiger charge is -2.17. The number of likely N-dealkylation sites (tertiary alicyclic amines) is 1. The Balaban J connectivity index is 2.52. The molecule has 1 aliphatic rings. The molecule has 0 aliphatic carbocycles. The van der Waals surface area contributed by atoms with E-state index in [1.54, 1.807) is 4.90 Å². The lowest BCUT2D eigenvalue weighted by atomic mass is 10.2.